The molecule has 150 valence electrons. The molecule has 9 heteroatoms. The van der Waals surface area contributed by atoms with E-state index in [1.54, 1.807) is 0 Å². The maximum absolute atomic E-state index is 10.3. The SMILES string of the molecule is Cc1cc([C@@H]2CCCN2C)cnc1C.O=C(O)CC(O)(CC(=O)O)C(=O)O. The molecular formula is C18H26N2O7. The number of aromatic nitrogens is 1. The topological polar surface area (TPSA) is 148 Å². The van der Waals surface area contributed by atoms with Crippen molar-refractivity contribution in [2.24, 2.45) is 0 Å². The number of pyridine rings is 1. The Morgan fingerprint density at radius 1 is 1.19 bits per heavy atom. The van der Waals surface area contributed by atoms with Gasteiger partial charge < -0.3 is 20.4 Å². The normalized spacial score (nSPS) is 17.1. The van der Waals surface area contributed by atoms with E-state index in [1.807, 2.05) is 6.20 Å². The van der Waals surface area contributed by atoms with Crippen molar-refractivity contribution in [3.05, 3.63) is 29.1 Å². The molecule has 1 aromatic rings. The second-order valence-electron chi connectivity index (χ2n) is 6.79. The van der Waals surface area contributed by atoms with Crippen LogP contribution in [-0.4, -0.2) is 67.4 Å². The lowest BCUT2D eigenvalue weighted by atomic mass is 9.96. The van der Waals surface area contributed by atoms with Crippen LogP contribution in [0.1, 0.15) is 48.5 Å². The first-order valence-electron chi connectivity index (χ1n) is 8.49. The van der Waals surface area contributed by atoms with Crippen molar-refractivity contribution in [2.45, 2.75) is 51.2 Å². The Labute approximate surface area is 157 Å². The second-order valence-corrected chi connectivity index (χ2v) is 6.79. The number of hydrogen-bond acceptors (Lipinski definition) is 6. The fourth-order valence-corrected chi connectivity index (χ4v) is 2.89. The van der Waals surface area contributed by atoms with Gasteiger partial charge in [0.2, 0.25) is 0 Å². The van der Waals surface area contributed by atoms with Crippen molar-refractivity contribution in [3.63, 3.8) is 0 Å². The third-order valence-corrected chi connectivity index (χ3v) is 4.55. The standard InChI is InChI=1S/C12H18N2.C6H8O7/c1-9-7-11(8-13-10(9)2)12-5-4-6-14(12)3;7-3(8)1-6(13,5(11)12)2-4(9)10/h7-8,12H,4-6H2,1-3H3;13H,1-2H2,(H,7,8)(H,9,10)(H,11,12)/t12-;/m0./s1. The molecule has 1 fully saturated rings. The highest BCUT2D eigenvalue weighted by molar-refractivity contribution is 5.88. The summed E-state index contributed by atoms with van der Waals surface area (Å²) in [5, 5.41) is 33.8. The monoisotopic (exact) mass is 382 g/mol. The molecule has 4 N–H and O–H groups in total. The molecule has 1 saturated heterocycles. The molecule has 1 aliphatic rings. The van der Waals surface area contributed by atoms with E-state index >= 15 is 0 Å². The Hall–Kier alpha value is -2.52. The predicted molar refractivity (Wildman–Crippen MR) is 95.4 cm³/mol. The van der Waals surface area contributed by atoms with E-state index in [4.69, 9.17) is 20.4 Å². The smallest absolute Gasteiger partial charge is 0.336 e. The molecule has 0 saturated carbocycles. The zero-order valence-electron chi connectivity index (χ0n) is 15.7. The van der Waals surface area contributed by atoms with E-state index in [1.165, 1.54) is 30.5 Å². The van der Waals surface area contributed by atoms with Gasteiger partial charge in [0, 0.05) is 17.9 Å². The summed E-state index contributed by atoms with van der Waals surface area (Å²) in [5.41, 5.74) is 1.10. The van der Waals surface area contributed by atoms with Crippen molar-refractivity contribution in [1.82, 2.24) is 9.88 Å². The predicted octanol–water partition coefficient (Wildman–Crippen LogP) is 1.22. The van der Waals surface area contributed by atoms with Gasteiger partial charge in [-0.05, 0) is 51.4 Å². The lowest BCUT2D eigenvalue weighted by Gasteiger charge is -2.20. The first kappa shape index (κ1) is 22.5. The molecule has 27 heavy (non-hydrogen) atoms. The number of carboxylic acid groups (broad SMARTS) is 3. The van der Waals surface area contributed by atoms with Crippen LogP contribution in [0, 0.1) is 13.8 Å². The largest absolute Gasteiger partial charge is 0.481 e. The van der Waals surface area contributed by atoms with Gasteiger partial charge in [-0.3, -0.25) is 19.5 Å². The highest BCUT2D eigenvalue weighted by Crippen LogP contribution is 2.30. The lowest BCUT2D eigenvalue weighted by Crippen LogP contribution is -2.42. The summed E-state index contributed by atoms with van der Waals surface area (Å²) in [4.78, 5) is 37.3. The van der Waals surface area contributed by atoms with Crippen LogP contribution in [0.2, 0.25) is 0 Å². The van der Waals surface area contributed by atoms with E-state index in [-0.39, 0.29) is 0 Å². The minimum Gasteiger partial charge on any atom is -0.481 e. The molecule has 0 aliphatic carbocycles. The molecule has 0 aromatic carbocycles. The molecule has 1 aliphatic heterocycles. The van der Waals surface area contributed by atoms with E-state index in [0.717, 1.165) is 5.69 Å². The van der Waals surface area contributed by atoms with Crippen LogP contribution in [0.4, 0.5) is 0 Å². The van der Waals surface area contributed by atoms with Gasteiger partial charge in [-0.25, -0.2) is 4.79 Å². The number of carbonyl (C=O) groups is 3. The molecule has 0 amide bonds. The van der Waals surface area contributed by atoms with Gasteiger partial charge in [-0.2, -0.15) is 0 Å². The Kier molecular flexibility index (Phi) is 7.86. The van der Waals surface area contributed by atoms with Gasteiger partial charge >= 0.3 is 17.9 Å². The maximum atomic E-state index is 10.3. The lowest BCUT2D eigenvalue weighted by molar-refractivity contribution is -0.170. The maximum Gasteiger partial charge on any atom is 0.336 e. The third-order valence-electron chi connectivity index (χ3n) is 4.55. The Morgan fingerprint density at radius 2 is 1.74 bits per heavy atom. The first-order valence-corrected chi connectivity index (χ1v) is 8.49. The molecule has 9 nitrogen and oxygen atoms in total. The van der Waals surface area contributed by atoms with E-state index < -0.39 is 36.4 Å². The van der Waals surface area contributed by atoms with Gasteiger partial charge in [0.15, 0.2) is 5.60 Å². The van der Waals surface area contributed by atoms with Crippen LogP contribution in [0.25, 0.3) is 0 Å². The van der Waals surface area contributed by atoms with Crippen LogP contribution in [0.15, 0.2) is 12.3 Å². The van der Waals surface area contributed by atoms with Crippen molar-refractivity contribution in [1.29, 1.82) is 0 Å². The molecule has 0 spiro atoms. The number of carboxylic acids is 3. The molecule has 0 bridgehead atoms. The van der Waals surface area contributed by atoms with Crippen molar-refractivity contribution < 1.29 is 34.8 Å². The van der Waals surface area contributed by atoms with Gasteiger partial charge in [0.1, 0.15) is 0 Å². The van der Waals surface area contributed by atoms with E-state index in [2.05, 4.69) is 36.8 Å². The van der Waals surface area contributed by atoms with Gasteiger partial charge in [0.25, 0.3) is 0 Å². The van der Waals surface area contributed by atoms with Crippen LogP contribution in [0.3, 0.4) is 0 Å². The summed E-state index contributed by atoms with van der Waals surface area (Å²) in [7, 11) is 2.20. The molecule has 1 aromatic heterocycles. The molecule has 1 atom stereocenters. The third kappa shape index (κ3) is 6.61. The quantitative estimate of drug-likeness (QED) is 0.569. The fourth-order valence-electron chi connectivity index (χ4n) is 2.89. The molecule has 2 rings (SSSR count). The molecule has 2 heterocycles. The summed E-state index contributed by atoms with van der Waals surface area (Å²) < 4.78 is 0. The number of hydrogen-bond donors (Lipinski definition) is 4. The highest BCUT2D eigenvalue weighted by atomic mass is 16.4. The molecular weight excluding hydrogens is 356 g/mol. The van der Waals surface area contributed by atoms with Crippen molar-refractivity contribution in [2.75, 3.05) is 13.6 Å². The summed E-state index contributed by atoms with van der Waals surface area (Å²) in [5.74, 6) is -5.02. The van der Waals surface area contributed by atoms with Crippen LogP contribution >= 0.6 is 0 Å². The Morgan fingerprint density at radius 3 is 2.11 bits per heavy atom. The number of nitrogens with zero attached hydrogens (tertiary/aromatic N) is 2. The van der Waals surface area contributed by atoms with Gasteiger partial charge in [-0.1, -0.05) is 6.07 Å². The number of likely N-dealkylation sites (tertiary alicyclic amines) is 1. The number of rotatable bonds is 6. The molecule has 0 radical (unpaired) electrons. The minimum absolute atomic E-state index is 0.599. The zero-order valence-corrected chi connectivity index (χ0v) is 15.7. The van der Waals surface area contributed by atoms with Gasteiger partial charge in [0.05, 0.1) is 12.8 Å². The summed E-state index contributed by atoms with van der Waals surface area (Å²) >= 11 is 0. The highest BCUT2D eigenvalue weighted by Gasteiger charge is 2.40. The van der Waals surface area contributed by atoms with Crippen LogP contribution < -0.4 is 0 Å². The van der Waals surface area contributed by atoms with Gasteiger partial charge in [-0.15, -0.1) is 0 Å². The number of aryl methyl sites for hydroxylation is 2. The summed E-state index contributed by atoms with van der Waals surface area (Å²) in [6, 6.07) is 2.89. The number of aliphatic hydroxyl groups is 1. The Balaban J connectivity index is 0.000000271. The zero-order chi connectivity index (χ0) is 20.8. The summed E-state index contributed by atoms with van der Waals surface area (Å²) in [6.07, 6.45) is 2.34. The van der Waals surface area contributed by atoms with Crippen molar-refractivity contribution in [3.8, 4) is 0 Å². The molecule has 0 unspecified atom stereocenters. The van der Waals surface area contributed by atoms with Crippen molar-refractivity contribution >= 4 is 17.9 Å². The second kappa shape index (κ2) is 9.43. The van der Waals surface area contributed by atoms with E-state index in [9.17, 15) is 14.4 Å². The average molecular weight is 382 g/mol. The average Bonchev–Trinajstić information content (AvgIpc) is 2.95. The number of aliphatic carboxylic acids is 3. The summed E-state index contributed by atoms with van der Waals surface area (Å²) in [6.45, 7) is 5.43. The first-order chi connectivity index (χ1) is 12.5. The van der Waals surface area contributed by atoms with Crippen LogP contribution in [-0.2, 0) is 14.4 Å². The van der Waals surface area contributed by atoms with E-state index in [0.29, 0.717) is 6.04 Å². The fraction of sp³-hybridized carbons (Fsp3) is 0.556. The minimum atomic E-state index is -2.74. The van der Waals surface area contributed by atoms with Crippen LogP contribution in [0.5, 0.6) is 0 Å². The Bertz CT molecular complexity index is 689.